The number of anilines is 1. The quantitative estimate of drug-likeness (QED) is 0.845. The number of hydrogen-bond donors (Lipinski definition) is 2. The maximum atomic E-state index is 9.31. The highest BCUT2D eigenvalue weighted by Gasteiger charge is 2.10. The molecule has 1 rings (SSSR count). The van der Waals surface area contributed by atoms with E-state index in [1.165, 1.54) is 0 Å². The van der Waals surface area contributed by atoms with E-state index in [1.807, 2.05) is 18.2 Å². The predicted molar refractivity (Wildman–Crippen MR) is 69.6 cm³/mol. The lowest BCUT2D eigenvalue weighted by Gasteiger charge is -2.19. The second-order valence-corrected chi connectivity index (χ2v) is 4.48. The Morgan fingerprint density at radius 1 is 1.50 bits per heavy atom. The molecule has 0 fully saturated rings. The number of ether oxygens (including phenoxy) is 1. The summed E-state index contributed by atoms with van der Waals surface area (Å²) >= 11 is 3.43. The van der Waals surface area contributed by atoms with Crippen LogP contribution in [0.5, 0.6) is 0 Å². The Kier molecular flexibility index (Phi) is 5.80. The van der Waals surface area contributed by atoms with Crippen molar-refractivity contribution in [2.24, 2.45) is 0 Å². The van der Waals surface area contributed by atoms with Crippen LogP contribution in [0, 0.1) is 0 Å². The van der Waals surface area contributed by atoms with E-state index in [2.05, 4.69) is 28.2 Å². The number of methoxy groups -OCH3 is 1. The van der Waals surface area contributed by atoms with Gasteiger partial charge >= 0.3 is 0 Å². The van der Waals surface area contributed by atoms with Crippen LogP contribution in [0.15, 0.2) is 22.7 Å². The summed E-state index contributed by atoms with van der Waals surface area (Å²) in [7, 11) is 1.69. The maximum absolute atomic E-state index is 9.31. The van der Waals surface area contributed by atoms with Crippen LogP contribution in [-0.2, 0) is 11.3 Å². The van der Waals surface area contributed by atoms with Gasteiger partial charge in [-0.3, -0.25) is 0 Å². The van der Waals surface area contributed by atoms with Gasteiger partial charge in [-0.05, 0) is 18.6 Å². The lowest BCUT2D eigenvalue weighted by molar-refractivity contribution is 0.184. The van der Waals surface area contributed by atoms with E-state index in [1.54, 1.807) is 7.11 Å². The van der Waals surface area contributed by atoms with Crippen molar-refractivity contribution >= 4 is 21.6 Å². The molecule has 0 amide bonds. The molecular weight excluding hydrogens is 270 g/mol. The van der Waals surface area contributed by atoms with Gasteiger partial charge in [0.25, 0.3) is 0 Å². The number of aliphatic hydroxyl groups is 1. The zero-order valence-electron chi connectivity index (χ0n) is 9.66. The molecule has 0 aliphatic heterocycles. The molecule has 3 nitrogen and oxygen atoms in total. The summed E-state index contributed by atoms with van der Waals surface area (Å²) in [6.07, 6.45) is 0.977. The minimum Gasteiger partial charge on any atom is -0.392 e. The minimum absolute atomic E-state index is 0.0210. The van der Waals surface area contributed by atoms with Crippen LogP contribution in [0.1, 0.15) is 18.9 Å². The molecule has 0 heterocycles. The number of rotatable bonds is 6. The molecular formula is C12H18BrNO2. The standard InChI is InChI=1S/C12H18BrNO2/c1-3-9(8-16-2)14-12-6-4-5-11(13)10(12)7-15/h4-6,9,14-15H,3,7-8H2,1-2H3. The molecule has 0 radical (unpaired) electrons. The molecule has 4 heteroatoms. The van der Waals surface area contributed by atoms with E-state index in [4.69, 9.17) is 4.74 Å². The molecule has 0 aliphatic carbocycles. The molecule has 0 bridgehead atoms. The fraction of sp³-hybridized carbons (Fsp3) is 0.500. The summed E-state index contributed by atoms with van der Waals surface area (Å²) in [6.45, 7) is 2.79. The second kappa shape index (κ2) is 6.89. The average Bonchev–Trinajstić information content (AvgIpc) is 2.28. The van der Waals surface area contributed by atoms with Gasteiger partial charge < -0.3 is 15.2 Å². The van der Waals surface area contributed by atoms with Crippen molar-refractivity contribution in [2.75, 3.05) is 19.0 Å². The van der Waals surface area contributed by atoms with Crippen LogP contribution in [0.2, 0.25) is 0 Å². The van der Waals surface area contributed by atoms with Crippen molar-refractivity contribution < 1.29 is 9.84 Å². The summed E-state index contributed by atoms with van der Waals surface area (Å²) in [6, 6.07) is 6.11. The number of aliphatic hydroxyl groups excluding tert-OH is 1. The molecule has 16 heavy (non-hydrogen) atoms. The van der Waals surface area contributed by atoms with Gasteiger partial charge in [0, 0.05) is 28.9 Å². The highest BCUT2D eigenvalue weighted by Crippen LogP contribution is 2.25. The Morgan fingerprint density at radius 2 is 2.25 bits per heavy atom. The highest BCUT2D eigenvalue weighted by atomic mass is 79.9. The van der Waals surface area contributed by atoms with Gasteiger partial charge in [0.15, 0.2) is 0 Å². The van der Waals surface area contributed by atoms with Crippen molar-refractivity contribution in [1.29, 1.82) is 0 Å². The molecule has 1 aromatic rings. The third-order valence-electron chi connectivity index (χ3n) is 2.50. The Bertz CT molecular complexity index is 331. The monoisotopic (exact) mass is 287 g/mol. The van der Waals surface area contributed by atoms with Crippen molar-refractivity contribution in [3.63, 3.8) is 0 Å². The number of halogens is 1. The van der Waals surface area contributed by atoms with Crippen LogP contribution in [0.4, 0.5) is 5.69 Å². The molecule has 0 saturated carbocycles. The van der Waals surface area contributed by atoms with Crippen molar-refractivity contribution in [1.82, 2.24) is 0 Å². The molecule has 1 aromatic carbocycles. The van der Waals surface area contributed by atoms with Crippen LogP contribution in [0.3, 0.4) is 0 Å². The molecule has 2 N–H and O–H groups in total. The lowest BCUT2D eigenvalue weighted by Crippen LogP contribution is -2.24. The van der Waals surface area contributed by atoms with Gasteiger partial charge in [0.2, 0.25) is 0 Å². The van der Waals surface area contributed by atoms with Gasteiger partial charge in [0.05, 0.1) is 13.2 Å². The Labute approximate surface area is 105 Å². The molecule has 0 aromatic heterocycles. The van der Waals surface area contributed by atoms with Crippen LogP contribution in [0.25, 0.3) is 0 Å². The molecule has 0 saturated heterocycles. The molecule has 0 aliphatic rings. The van der Waals surface area contributed by atoms with Gasteiger partial charge in [-0.2, -0.15) is 0 Å². The van der Waals surface area contributed by atoms with Crippen LogP contribution < -0.4 is 5.32 Å². The summed E-state index contributed by atoms with van der Waals surface area (Å²) in [4.78, 5) is 0. The zero-order valence-corrected chi connectivity index (χ0v) is 11.3. The first-order valence-corrected chi connectivity index (χ1v) is 6.15. The fourth-order valence-corrected chi connectivity index (χ4v) is 2.03. The summed E-state index contributed by atoms with van der Waals surface area (Å²) in [5.74, 6) is 0. The first-order chi connectivity index (χ1) is 7.72. The number of nitrogens with one attached hydrogen (secondary N) is 1. The number of benzene rings is 1. The molecule has 0 spiro atoms. The Hall–Kier alpha value is -0.580. The van der Waals surface area contributed by atoms with Crippen LogP contribution >= 0.6 is 15.9 Å². The van der Waals surface area contributed by atoms with E-state index in [0.29, 0.717) is 6.61 Å². The summed E-state index contributed by atoms with van der Waals surface area (Å²) < 4.78 is 6.06. The van der Waals surface area contributed by atoms with Gasteiger partial charge in [-0.25, -0.2) is 0 Å². The summed E-state index contributed by atoms with van der Waals surface area (Å²) in [5.41, 5.74) is 1.85. The fourth-order valence-electron chi connectivity index (χ4n) is 1.54. The van der Waals surface area contributed by atoms with E-state index >= 15 is 0 Å². The zero-order chi connectivity index (χ0) is 12.0. The number of hydrogen-bond acceptors (Lipinski definition) is 3. The van der Waals surface area contributed by atoms with Crippen molar-refractivity contribution in [3.8, 4) is 0 Å². The largest absolute Gasteiger partial charge is 0.392 e. The lowest BCUT2D eigenvalue weighted by atomic mass is 10.1. The van der Waals surface area contributed by atoms with Crippen molar-refractivity contribution in [3.05, 3.63) is 28.2 Å². The Balaban J connectivity index is 2.82. The minimum atomic E-state index is 0.0210. The smallest absolute Gasteiger partial charge is 0.0713 e. The highest BCUT2D eigenvalue weighted by molar-refractivity contribution is 9.10. The first kappa shape index (κ1) is 13.5. The second-order valence-electron chi connectivity index (χ2n) is 3.63. The van der Waals surface area contributed by atoms with Gasteiger partial charge in [0.1, 0.15) is 0 Å². The molecule has 90 valence electrons. The first-order valence-electron chi connectivity index (χ1n) is 5.36. The van der Waals surface area contributed by atoms with Gasteiger partial charge in [-0.1, -0.05) is 28.9 Å². The predicted octanol–water partition coefficient (Wildman–Crippen LogP) is 2.78. The third kappa shape index (κ3) is 3.47. The van der Waals surface area contributed by atoms with E-state index in [-0.39, 0.29) is 12.6 Å². The van der Waals surface area contributed by atoms with E-state index in [9.17, 15) is 5.11 Å². The topological polar surface area (TPSA) is 41.5 Å². The van der Waals surface area contributed by atoms with E-state index < -0.39 is 0 Å². The van der Waals surface area contributed by atoms with Gasteiger partial charge in [-0.15, -0.1) is 0 Å². The average molecular weight is 288 g/mol. The Morgan fingerprint density at radius 3 is 2.81 bits per heavy atom. The molecule has 1 unspecified atom stereocenters. The SMILES string of the molecule is CCC(COC)Nc1cccc(Br)c1CO. The van der Waals surface area contributed by atoms with E-state index in [0.717, 1.165) is 22.1 Å². The third-order valence-corrected chi connectivity index (χ3v) is 3.24. The van der Waals surface area contributed by atoms with Crippen molar-refractivity contribution in [2.45, 2.75) is 26.0 Å². The molecule has 1 atom stereocenters. The maximum Gasteiger partial charge on any atom is 0.0713 e. The summed E-state index contributed by atoms with van der Waals surface area (Å²) in [5, 5.41) is 12.7. The van der Waals surface area contributed by atoms with Crippen LogP contribution in [-0.4, -0.2) is 24.9 Å². The normalized spacial score (nSPS) is 12.5.